The van der Waals surface area contributed by atoms with E-state index in [4.69, 9.17) is 9.47 Å². The van der Waals surface area contributed by atoms with Gasteiger partial charge < -0.3 is 14.8 Å². The standard InChI is InChI=1S/C14H19N3O2/c1-15-14(10-8-16-17(2)9-10)13-11(18-3)6-5-7-12(13)19-4/h5-9,14-15H,1-4H3. The van der Waals surface area contributed by atoms with Gasteiger partial charge in [-0.15, -0.1) is 0 Å². The minimum Gasteiger partial charge on any atom is -0.496 e. The Morgan fingerprint density at radius 2 is 1.84 bits per heavy atom. The van der Waals surface area contributed by atoms with Crippen molar-refractivity contribution >= 4 is 0 Å². The number of benzene rings is 1. The van der Waals surface area contributed by atoms with Crippen LogP contribution < -0.4 is 14.8 Å². The van der Waals surface area contributed by atoms with Crippen molar-refractivity contribution in [2.75, 3.05) is 21.3 Å². The van der Waals surface area contributed by atoms with Crippen LogP contribution in [0.4, 0.5) is 0 Å². The van der Waals surface area contributed by atoms with Crippen LogP contribution in [0, 0.1) is 0 Å². The Labute approximate surface area is 113 Å². The highest BCUT2D eigenvalue weighted by Crippen LogP contribution is 2.36. The molecule has 0 aliphatic carbocycles. The molecule has 1 heterocycles. The van der Waals surface area contributed by atoms with E-state index in [1.807, 2.05) is 44.7 Å². The van der Waals surface area contributed by atoms with Gasteiger partial charge in [-0.1, -0.05) is 6.07 Å². The van der Waals surface area contributed by atoms with Gasteiger partial charge in [-0.2, -0.15) is 5.10 Å². The summed E-state index contributed by atoms with van der Waals surface area (Å²) in [6, 6.07) is 5.74. The minimum atomic E-state index is -0.0280. The van der Waals surface area contributed by atoms with Crippen LogP contribution >= 0.6 is 0 Å². The monoisotopic (exact) mass is 261 g/mol. The maximum atomic E-state index is 5.45. The first-order chi connectivity index (χ1) is 9.21. The van der Waals surface area contributed by atoms with Crippen molar-refractivity contribution < 1.29 is 9.47 Å². The molecule has 19 heavy (non-hydrogen) atoms. The number of ether oxygens (including phenoxy) is 2. The zero-order valence-electron chi connectivity index (χ0n) is 11.7. The van der Waals surface area contributed by atoms with Gasteiger partial charge in [-0.3, -0.25) is 4.68 Å². The van der Waals surface area contributed by atoms with Crippen molar-refractivity contribution in [3.8, 4) is 11.5 Å². The third-order valence-electron chi connectivity index (χ3n) is 3.10. The van der Waals surface area contributed by atoms with Crippen LogP contribution in [0.1, 0.15) is 17.2 Å². The molecule has 102 valence electrons. The molecule has 5 heteroatoms. The quantitative estimate of drug-likeness (QED) is 0.890. The number of aryl methyl sites for hydroxylation is 1. The van der Waals surface area contributed by atoms with E-state index in [0.717, 1.165) is 22.6 Å². The smallest absolute Gasteiger partial charge is 0.127 e. The molecule has 2 rings (SSSR count). The number of nitrogens with one attached hydrogen (secondary N) is 1. The molecule has 0 saturated heterocycles. The van der Waals surface area contributed by atoms with Crippen LogP contribution in [0.25, 0.3) is 0 Å². The van der Waals surface area contributed by atoms with Crippen LogP contribution in [0.15, 0.2) is 30.6 Å². The normalized spacial score (nSPS) is 12.2. The first kappa shape index (κ1) is 13.4. The average Bonchev–Trinajstić information content (AvgIpc) is 2.86. The van der Waals surface area contributed by atoms with Gasteiger partial charge in [-0.25, -0.2) is 0 Å². The van der Waals surface area contributed by atoms with Crippen LogP contribution in [-0.4, -0.2) is 31.0 Å². The zero-order chi connectivity index (χ0) is 13.8. The summed E-state index contributed by atoms with van der Waals surface area (Å²) in [5, 5.41) is 7.50. The molecule has 0 saturated carbocycles. The van der Waals surface area contributed by atoms with Gasteiger partial charge in [0.1, 0.15) is 11.5 Å². The maximum absolute atomic E-state index is 5.45. The molecule has 1 aromatic carbocycles. The third-order valence-corrected chi connectivity index (χ3v) is 3.10. The molecule has 0 fully saturated rings. The van der Waals surface area contributed by atoms with Crippen molar-refractivity contribution in [2.45, 2.75) is 6.04 Å². The molecule has 5 nitrogen and oxygen atoms in total. The number of hydrogen-bond donors (Lipinski definition) is 1. The maximum Gasteiger partial charge on any atom is 0.127 e. The Hall–Kier alpha value is -2.01. The number of methoxy groups -OCH3 is 2. The lowest BCUT2D eigenvalue weighted by molar-refractivity contribution is 0.379. The second-order valence-electron chi connectivity index (χ2n) is 4.25. The largest absolute Gasteiger partial charge is 0.496 e. The Balaban J connectivity index is 2.53. The summed E-state index contributed by atoms with van der Waals surface area (Å²) in [7, 11) is 7.13. The Morgan fingerprint density at radius 1 is 1.21 bits per heavy atom. The SMILES string of the molecule is CNC(c1cnn(C)c1)c1c(OC)cccc1OC. The Bertz CT molecular complexity index is 529. The number of nitrogens with zero attached hydrogens (tertiary/aromatic N) is 2. The van der Waals surface area contributed by atoms with Crippen molar-refractivity contribution in [3.05, 3.63) is 41.7 Å². The molecule has 0 radical (unpaired) electrons. The van der Waals surface area contributed by atoms with Gasteiger partial charge in [0.15, 0.2) is 0 Å². The van der Waals surface area contributed by atoms with Crippen molar-refractivity contribution in [1.29, 1.82) is 0 Å². The van der Waals surface area contributed by atoms with E-state index in [1.165, 1.54) is 0 Å². The molecule has 1 atom stereocenters. The van der Waals surface area contributed by atoms with E-state index >= 15 is 0 Å². The summed E-state index contributed by atoms with van der Waals surface area (Å²) in [6.45, 7) is 0. The van der Waals surface area contributed by atoms with E-state index in [0.29, 0.717) is 0 Å². The van der Waals surface area contributed by atoms with Gasteiger partial charge in [0.25, 0.3) is 0 Å². The number of hydrogen-bond acceptors (Lipinski definition) is 4. The molecular formula is C14H19N3O2. The van der Waals surface area contributed by atoms with Crippen LogP contribution in [-0.2, 0) is 7.05 Å². The van der Waals surface area contributed by atoms with Crippen molar-refractivity contribution in [2.24, 2.45) is 7.05 Å². The molecule has 0 aliphatic rings. The molecule has 1 aromatic heterocycles. The molecule has 0 spiro atoms. The van der Waals surface area contributed by atoms with E-state index in [-0.39, 0.29) is 6.04 Å². The summed E-state index contributed by atoms with van der Waals surface area (Å²) >= 11 is 0. The molecular weight excluding hydrogens is 242 g/mol. The average molecular weight is 261 g/mol. The van der Waals surface area contributed by atoms with E-state index in [9.17, 15) is 0 Å². The Kier molecular flexibility index (Phi) is 4.06. The summed E-state index contributed by atoms with van der Waals surface area (Å²) < 4.78 is 12.7. The summed E-state index contributed by atoms with van der Waals surface area (Å²) in [4.78, 5) is 0. The zero-order valence-corrected chi connectivity index (χ0v) is 11.7. The van der Waals surface area contributed by atoms with Gasteiger partial charge in [-0.05, 0) is 19.2 Å². The Morgan fingerprint density at radius 3 is 2.26 bits per heavy atom. The predicted molar refractivity (Wildman–Crippen MR) is 73.7 cm³/mol. The van der Waals surface area contributed by atoms with Gasteiger partial charge in [0.05, 0.1) is 32.0 Å². The van der Waals surface area contributed by atoms with E-state index in [1.54, 1.807) is 18.9 Å². The van der Waals surface area contributed by atoms with Gasteiger partial charge >= 0.3 is 0 Å². The van der Waals surface area contributed by atoms with E-state index in [2.05, 4.69) is 10.4 Å². The first-order valence-corrected chi connectivity index (χ1v) is 6.08. The molecule has 1 N–H and O–H groups in total. The fourth-order valence-electron chi connectivity index (χ4n) is 2.23. The van der Waals surface area contributed by atoms with Crippen LogP contribution in [0.2, 0.25) is 0 Å². The van der Waals surface area contributed by atoms with E-state index < -0.39 is 0 Å². The first-order valence-electron chi connectivity index (χ1n) is 6.08. The van der Waals surface area contributed by atoms with Crippen molar-refractivity contribution in [1.82, 2.24) is 15.1 Å². The predicted octanol–water partition coefficient (Wildman–Crippen LogP) is 1.75. The fraction of sp³-hybridized carbons (Fsp3) is 0.357. The highest BCUT2D eigenvalue weighted by molar-refractivity contribution is 5.50. The molecule has 0 amide bonds. The number of aromatic nitrogens is 2. The lowest BCUT2D eigenvalue weighted by Crippen LogP contribution is -2.19. The summed E-state index contributed by atoms with van der Waals surface area (Å²) in [5.74, 6) is 1.59. The fourth-order valence-corrected chi connectivity index (χ4v) is 2.23. The van der Waals surface area contributed by atoms with Crippen molar-refractivity contribution in [3.63, 3.8) is 0 Å². The highest BCUT2D eigenvalue weighted by Gasteiger charge is 2.22. The summed E-state index contributed by atoms with van der Waals surface area (Å²) in [6.07, 6.45) is 3.82. The third kappa shape index (κ3) is 2.56. The topological polar surface area (TPSA) is 48.3 Å². The molecule has 0 aliphatic heterocycles. The van der Waals surface area contributed by atoms with Gasteiger partial charge in [0, 0.05) is 18.8 Å². The molecule has 1 unspecified atom stereocenters. The lowest BCUT2D eigenvalue weighted by atomic mass is 9.99. The van der Waals surface area contributed by atoms with Crippen LogP contribution in [0.3, 0.4) is 0 Å². The number of rotatable bonds is 5. The lowest BCUT2D eigenvalue weighted by Gasteiger charge is -2.20. The second kappa shape index (κ2) is 5.75. The summed E-state index contributed by atoms with van der Waals surface area (Å²) in [5.41, 5.74) is 2.04. The molecule has 2 aromatic rings. The van der Waals surface area contributed by atoms with Gasteiger partial charge in [0.2, 0.25) is 0 Å². The van der Waals surface area contributed by atoms with Crippen LogP contribution in [0.5, 0.6) is 11.5 Å². The molecule has 0 bridgehead atoms. The highest BCUT2D eigenvalue weighted by atomic mass is 16.5. The minimum absolute atomic E-state index is 0.0280. The second-order valence-corrected chi connectivity index (χ2v) is 4.25.